The van der Waals surface area contributed by atoms with Gasteiger partial charge in [-0.2, -0.15) is 4.98 Å². The Morgan fingerprint density at radius 2 is 2.32 bits per heavy atom. The molecule has 1 atom stereocenters. The van der Waals surface area contributed by atoms with Crippen LogP contribution in [0.3, 0.4) is 0 Å². The van der Waals surface area contributed by atoms with Gasteiger partial charge in [-0.3, -0.25) is 0 Å². The summed E-state index contributed by atoms with van der Waals surface area (Å²) in [7, 11) is 0. The number of nitrogens with one attached hydrogen (secondary N) is 1. The molecule has 1 saturated heterocycles. The fraction of sp³-hybridized carbons (Fsp3) is 0.385. The molecule has 0 radical (unpaired) electrons. The van der Waals surface area contributed by atoms with Crippen molar-refractivity contribution in [3.05, 3.63) is 47.4 Å². The summed E-state index contributed by atoms with van der Waals surface area (Å²) in [5, 5.41) is 7.21. The quantitative estimate of drug-likeness (QED) is 0.939. The lowest BCUT2D eigenvalue weighted by atomic mass is 10.1. The van der Waals surface area contributed by atoms with Gasteiger partial charge in [0.05, 0.1) is 5.92 Å². The number of aromatic nitrogens is 2. The van der Waals surface area contributed by atoms with Gasteiger partial charge in [0.25, 0.3) is 0 Å². The summed E-state index contributed by atoms with van der Waals surface area (Å²) in [5.41, 5.74) is 0.854. The Bertz CT molecular complexity index is 540. The van der Waals surface area contributed by atoms with Crippen LogP contribution in [0.2, 0.25) is 0 Å². The van der Waals surface area contributed by atoms with Crippen LogP contribution >= 0.6 is 12.4 Å². The predicted molar refractivity (Wildman–Crippen MR) is 71.0 cm³/mol. The maximum absolute atomic E-state index is 13.0. The van der Waals surface area contributed by atoms with Crippen molar-refractivity contribution >= 4 is 12.4 Å². The number of benzene rings is 1. The number of nitrogens with zero attached hydrogens (tertiary/aromatic N) is 2. The number of rotatable bonds is 3. The average Bonchev–Trinajstić information content (AvgIpc) is 2.98. The van der Waals surface area contributed by atoms with Crippen LogP contribution in [0.25, 0.3) is 0 Å². The van der Waals surface area contributed by atoms with Gasteiger partial charge in [-0.1, -0.05) is 17.3 Å². The van der Waals surface area contributed by atoms with Crippen LogP contribution in [0, 0.1) is 5.82 Å². The van der Waals surface area contributed by atoms with E-state index in [9.17, 15) is 4.39 Å². The van der Waals surface area contributed by atoms with Crippen LogP contribution in [-0.2, 0) is 6.42 Å². The molecule has 2 aromatic rings. The Balaban J connectivity index is 0.00000133. The van der Waals surface area contributed by atoms with Crippen molar-refractivity contribution in [3.63, 3.8) is 0 Å². The molecule has 0 unspecified atom stereocenters. The number of halogens is 2. The largest absolute Gasteiger partial charge is 0.339 e. The average molecular weight is 284 g/mol. The van der Waals surface area contributed by atoms with Gasteiger partial charge < -0.3 is 9.84 Å². The summed E-state index contributed by atoms with van der Waals surface area (Å²) in [6.45, 7) is 1.88. The lowest BCUT2D eigenvalue weighted by Crippen LogP contribution is -2.08. The van der Waals surface area contributed by atoms with Gasteiger partial charge in [0.1, 0.15) is 5.82 Å². The molecule has 0 spiro atoms. The Kier molecular flexibility index (Phi) is 4.50. The molecule has 3 rings (SSSR count). The molecule has 6 heteroatoms. The summed E-state index contributed by atoms with van der Waals surface area (Å²) < 4.78 is 18.3. The van der Waals surface area contributed by atoms with Gasteiger partial charge in [-0.05, 0) is 30.7 Å². The summed E-state index contributed by atoms with van der Waals surface area (Å²) in [6.07, 6.45) is 1.53. The minimum absolute atomic E-state index is 0. The lowest BCUT2D eigenvalue weighted by Gasteiger charge is -1.99. The third-order valence-electron chi connectivity index (χ3n) is 3.14. The van der Waals surface area contributed by atoms with Crippen LogP contribution in [0.5, 0.6) is 0 Å². The Morgan fingerprint density at radius 3 is 3.05 bits per heavy atom. The monoisotopic (exact) mass is 283 g/mol. The molecule has 0 aliphatic carbocycles. The summed E-state index contributed by atoms with van der Waals surface area (Å²) >= 11 is 0. The smallest absolute Gasteiger partial charge is 0.231 e. The van der Waals surface area contributed by atoms with Gasteiger partial charge in [-0.15, -0.1) is 12.4 Å². The van der Waals surface area contributed by atoms with E-state index in [-0.39, 0.29) is 18.2 Å². The highest BCUT2D eigenvalue weighted by Gasteiger charge is 2.22. The van der Waals surface area contributed by atoms with Crippen molar-refractivity contribution in [2.24, 2.45) is 0 Å². The van der Waals surface area contributed by atoms with Crippen LogP contribution < -0.4 is 5.32 Å². The van der Waals surface area contributed by atoms with E-state index in [1.54, 1.807) is 6.07 Å². The zero-order chi connectivity index (χ0) is 12.4. The molecule has 1 N–H and O–H groups in total. The van der Waals surface area contributed by atoms with Gasteiger partial charge in [-0.25, -0.2) is 4.39 Å². The van der Waals surface area contributed by atoms with E-state index in [0.29, 0.717) is 24.1 Å². The van der Waals surface area contributed by atoms with Gasteiger partial charge in [0.2, 0.25) is 5.89 Å². The number of hydrogen-bond donors (Lipinski definition) is 1. The first kappa shape index (κ1) is 14.0. The van der Waals surface area contributed by atoms with Crippen molar-refractivity contribution in [1.29, 1.82) is 0 Å². The molecule has 1 aliphatic heterocycles. The second kappa shape index (κ2) is 6.12. The van der Waals surface area contributed by atoms with Gasteiger partial charge in [0.15, 0.2) is 5.82 Å². The van der Waals surface area contributed by atoms with Crippen molar-refractivity contribution in [3.8, 4) is 0 Å². The molecular formula is C13H15ClFN3O. The maximum atomic E-state index is 13.0. The Labute approximate surface area is 116 Å². The van der Waals surface area contributed by atoms with Gasteiger partial charge >= 0.3 is 0 Å². The third-order valence-corrected chi connectivity index (χ3v) is 3.14. The zero-order valence-electron chi connectivity index (χ0n) is 10.3. The molecule has 102 valence electrons. The highest BCUT2D eigenvalue weighted by atomic mass is 35.5. The van der Waals surface area contributed by atoms with Crippen LogP contribution in [-0.4, -0.2) is 23.2 Å². The summed E-state index contributed by atoms with van der Waals surface area (Å²) in [5.74, 6) is 1.38. The standard InChI is InChI=1S/C13H14FN3O.ClH/c14-11-3-1-2-9(6-11)7-12-16-13(18-17-12)10-4-5-15-8-10;/h1-3,6,10,15H,4-5,7-8H2;1H/t10-;/m1./s1. The van der Waals surface area contributed by atoms with E-state index in [4.69, 9.17) is 4.52 Å². The molecule has 19 heavy (non-hydrogen) atoms. The topological polar surface area (TPSA) is 51.0 Å². The highest BCUT2D eigenvalue weighted by Crippen LogP contribution is 2.20. The normalized spacial score (nSPS) is 18.3. The first-order valence-corrected chi connectivity index (χ1v) is 6.09. The van der Waals surface area contributed by atoms with E-state index in [2.05, 4.69) is 15.5 Å². The third kappa shape index (κ3) is 3.30. The molecule has 0 bridgehead atoms. The molecule has 1 fully saturated rings. The van der Waals surface area contributed by atoms with E-state index >= 15 is 0 Å². The van der Waals surface area contributed by atoms with Crippen molar-refractivity contribution in [2.45, 2.75) is 18.8 Å². The molecule has 2 heterocycles. The molecule has 4 nitrogen and oxygen atoms in total. The van der Waals surface area contributed by atoms with Crippen molar-refractivity contribution < 1.29 is 8.91 Å². The molecule has 1 aromatic carbocycles. The number of hydrogen-bond acceptors (Lipinski definition) is 4. The fourth-order valence-electron chi connectivity index (χ4n) is 2.20. The van der Waals surface area contributed by atoms with Crippen LogP contribution in [0.1, 0.15) is 29.6 Å². The van der Waals surface area contributed by atoms with Gasteiger partial charge in [0, 0.05) is 13.0 Å². The first-order valence-electron chi connectivity index (χ1n) is 6.09. The molecule has 0 saturated carbocycles. The Morgan fingerprint density at radius 1 is 1.42 bits per heavy atom. The highest BCUT2D eigenvalue weighted by molar-refractivity contribution is 5.85. The Hall–Kier alpha value is -1.46. The fourth-order valence-corrected chi connectivity index (χ4v) is 2.20. The van der Waals surface area contributed by atoms with E-state index < -0.39 is 0 Å². The molecule has 1 aromatic heterocycles. The molecule has 0 amide bonds. The zero-order valence-corrected chi connectivity index (χ0v) is 11.1. The van der Waals surface area contributed by atoms with Crippen LogP contribution in [0.15, 0.2) is 28.8 Å². The van der Waals surface area contributed by atoms with E-state index in [1.165, 1.54) is 12.1 Å². The minimum Gasteiger partial charge on any atom is -0.339 e. The van der Waals surface area contributed by atoms with Crippen molar-refractivity contribution in [2.75, 3.05) is 13.1 Å². The summed E-state index contributed by atoms with van der Waals surface area (Å²) in [6, 6.07) is 6.46. The SMILES string of the molecule is Cl.Fc1cccc(Cc2noc([C@@H]3CCNC3)n2)c1. The van der Waals surface area contributed by atoms with E-state index in [0.717, 1.165) is 25.1 Å². The summed E-state index contributed by atoms with van der Waals surface area (Å²) in [4.78, 5) is 4.38. The lowest BCUT2D eigenvalue weighted by molar-refractivity contribution is 0.355. The second-order valence-corrected chi connectivity index (χ2v) is 4.55. The molecule has 1 aliphatic rings. The minimum atomic E-state index is -0.240. The molecular weight excluding hydrogens is 269 g/mol. The second-order valence-electron chi connectivity index (χ2n) is 4.55. The first-order chi connectivity index (χ1) is 8.81. The van der Waals surface area contributed by atoms with E-state index in [1.807, 2.05) is 6.07 Å². The maximum Gasteiger partial charge on any atom is 0.231 e. The van der Waals surface area contributed by atoms with Crippen molar-refractivity contribution in [1.82, 2.24) is 15.5 Å². The predicted octanol–water partition coefficient (Wildman–Crippen LogP) is 2.30. The van der Waals surface area contributed by atoms with Crippen LogP contribution in [0.4, 0.5) is 4.39 Å².